The van der Waals surface area contributed by atoms with Crippen LogP contribution in [0.25, 0.3) is 0 Å². The topological polar surface area (TPSA) is 74.5 Å². The molecule has 1 saturated heterocycles. The second-order valence-electron chi connectivity index (χ2n) is 7.65. The molecule has 1 aliphatic rings. The molecule has 1 amide bonds. The van der Waals surface area contributed by atoms with Gasteiger partial charge in [-0.05, 0) is 44.5 Å². The van der Waals surface area contributed by atoms with E-state index < -0.39 is 0 Å². The summed E-state index contributed by atoms with van der Waals surface area (Å²) in [5.74, 6) is 1.96. The summed E-state index contributed by atoms with van der Waals surface area (Å²) in [5, 5.41) is 10.4. The molecule has 8 heteroatoms. The van der Waals surface area contributed by atoms with Gasteiger partial charge in [0.05, 0.1) is 6.54 Å². The predicted octanol–water partition coefficient (Wildman–Crippen LogP) is 2.81. The summed E-state index contributed by atoms with van der Waals surface area (Å²) in [6.45, 7) is 10.2. The van der Waals surface area contributed by atoms with Crippen LogP contribution >= 0.6 is 11.8 Å². The number of aliphatic imine (C=N–C) groups is 1. The summed E-state index contributed by atoms with van der Waals surface area (Å²) in [7, 11) is 0. The second-order valence-corrected chi connectivity index (χ2v) is 9.45. The van der Waals surface area contributed by atoms with Crippen molar-refractivity contribution in [3.8, 4) is 0 Å². The standard InChI is InChI=1S/C21H30N6OS/c1-4-22-20(26-11-12-29-21(2,3)16-26)23-14-17-7-5-8-18(13-17)25-19(28)15-27-10-6-9-24-27/h5-10,13H,4,11-12,14-16H2,1-3H3,(H,22,23)(H,25,28). The fraction of sp³-hybridized carbons (Fsp3) is 0.476. The molecule has 0 atom stereocenters. The van der Waals surface area contributed by atoms with E-state index in [-0.39, 0.29) is 17.2 Å². The second kappa shape index (κ2) is 9.82. The fourth-order valence-electron chi connectivity index (χ4n) is 3.28. The van der Waals surface area contributed by atoms with Gasteiger partial charge >= 0.3 is 0 Å². The number of hydrogen-bond acceptors (Lipinski definition) is 4. The van der Waals surface area contributed by atoms with Gasteiger partial charge in [-0.25, -0.2) is 4.99 Å². The Labute approximate surface area is 177 Å². The minimum Gasteiger partial charge on any atom is -0.357 e. The van der Waals surface area contributed by atoms with Crippen molar-refractivity contribution in [3.63, 3.8) is 0 Å². The van der Waals surface area contributed by atoms with Crippen LogP contribution in [0.2, 0.25) is 0 Å². The molecule has 0 unspecified atom stereocenters. The first-order valence-electron chi connectivity index (χ1n) is 9.98. The lowest BCUT2D eigenvalue weighted by Crippen LogP contribution is -2.50. The average molecular weight is 415 g/mol. The molecule has 0 spiro atoms. The Morgan fingerprint density at radius 1 is 1.34 bits per heavy atom. The molecule has 0 radical (unpaired) electrons. The lowest BCUT2D eigenvalue weighted by molar-refractivity contribution is -0.116. The average Bonchev–Trinajstić information content (AvgIpc) is 3.17. The van der Waals surface area contributed by atoms with Gasteiger partial charge in [-0.1, -0.05) is 12.1 Å². The van der Waals surface area contributed by atoms with E-state index >= 15 is 0 Å². The van der Waals surface area contributed by atoms with E-state index in [4.69, 9.17) is 4.99 Å². The number of carbonyl (C=O) groups excluding carboxylic acids is 1. The van der Waals surface area contributed by atoms with Crippen LogP contribution in [0.4, 0.5) is 5.69 Å². The lowest BCUT2D eigenvalue weighted by Gasteiger charge is -2.39. The highest BCUT2D eigenvalue weighted by Gasteiger charge is 2.28. The van der Waals surface area contributed by atoms with Crippen molar-refractivity contribution in [1.29, 1.82) is 0 Å². The summed E-state index contributed by atoms with van der Waals surface area (Å²) in [4.78, 5) is 19.4. The van der Waals surface area contributed by atoms with Crippen LogP contribution in [0.15, 0.2) is 47.7 Å². The van der Waals surface area contributed by atoms with Gasteiger partial charge in [-0.2, -0.15) is 16.9 Å². The van der Waals surface area contributed by atoms with Crippen molar-refractivity contribution in [1.82, 2.24) is 20.0 Å². The van der Waals surface area contributed by atoms with Gasteiger partial charge in [-0.3, -0.25) is 9.48 Å². The number of amides is 1. The third kappa shape index (κ3) is 6.52. The first kappa shape index (κ1) is 21.2. The lowest BCUT2D eigenvalue weighted by atomic mass is 10.2. The Morgan fingerprint density at radius 2 is 2.21 bits per heavy atom. The Morgan fingerprint density at radius 3 is 2.93 bits per heavy atom. The normalized spacial score (nSPS) is 16.5. The van der Waals surface area contributed by atoms with E-state index in [0.29, 0.717) is 6.54 Å². The van der Waals surface area contributed by atoms with Crippen molar-refractivity contribution >= 4 is 29.3 Å². The maximum absolute atomic E-state index is 12.2. The maximum Gasteiger partial charge on any atom is 0.246 e. The largest absolute Gasteiger partial charge is 0.357 e. The molecule has 1 aromatic carbocycles. The molecular formula is C21H30N6OS. The molecule has 2 N–H and O–H groups in total. The number of rotatable bonds is 6. The van der Waals surface area contributed by atoms with Crippen LogP contribution in [0, 0.1) is 0 Å². The Bertz CT molecular complexity index is 833. The number of benzene rings is 1. The van der Waals surface area contributed by atoms with E-state index in [0.717, 1.165) is 42.6 Å². The molecule has 0 bridgehead atoms. The molecule has 1 aromatic heterocycles. The van der Waals surface area contributed by atoms with Crippen LogP contribution in [0.1, 0.15) is 26.3 Å². The third-order valence-corrected chi connectivity index (χ3v) is 5.84. The fourth-order valence-corrected chi connectivity index (χ4v) is 4.39. The van der Waals surface area contributed by atoms with Gasteiger partial charge < -0.3 is 15.5 Å². The molecule has 1 aliphatic heterocycles. The quantitative estimate of drug-likeness (QED) is 0.562. The molecule has 2 heterocycles. The number of hydrogen-bond donors (Lipinski definition) is 2. The zero-order chi connectivity index (χ0) is 20.7. The Balaban J connectivity index is 1.63. The number of anilines is 1. The van der Waals surface area contributed by atoms with E-state index in [2.05, 4.69) is 41.4 Å². The van der Waals surface area contributed by atoms with E-state index in [1.165, 1.54) is 0 Å². The Kier molecular flexibility index (Phi) is 7.19. The summed E-state index contributed by atoms with van der Waals surface area (Å²) < 4.78 is 1.83. The number of carbonyl (C=O) groups is 1. The first-order chi connectivity index (χ1) is 13.9. The Hall–Kier alpha value is -2.48. The van der Waals surface area contributed by atoms with Crippen molar-refractivity contribution in [2.45, 2.75) is 38.6 Å². The molecule has 3 rings (SSSR count). The minimum atomic E-state index is -0.101. The zero-order valence-electron chi connectivity index (χ0n) is 17.4. The first-order valence-corrected chi connectivity index (χ1v) is 11.0. The van der Waals surface area contributed by atoms with Crippen molar-refractivity contribution in [3.05, 3.63) is 48.3 Å². The predicted molar refractivity (Wildman–Crippen MR) is 120 cm³/mol. The summed E-state index contributed by atoms with van der Waals surface area (Å²) in [6.07, 6.45) is 3.43. The van der Waals surface area contributed by atoms with E-state index in [9.17, 15) is 4.79 Å². The molecule has 0 aliphatic carbocycles. The molecule has 2 aromatic rings. The van der Waals surface area contributed by atoms with Crippen LogP contribution in [-0.4, -0.2) is 56.7 Å². The van der Waals surface area contributed by atoms with E-state index in [1.54, 1.807) is 23.1 Å². The summed E-state index contributed by atoms with van der Waals surface area (Å²) >= 11 is 2.01. The number of guanidine groups is 1. The van der Waals surface area contributed by atoms with Gasteiger partial charge in [0.25, 0.3) is 0 Å². The monoisotopic (exact) mass is 414 g/mol. The molecule has 0 saturated carbocycles. The minimum absolute atomic E-state index is 0.101. The summed E-state index contributed by atoms with van der Waals surface area (Å²) in [6, 6.07) is 9.65. The highest BCUT2D eigenvalue weighted by atomic mass is 32.2. The van der Waals surface area contributed by atoms with Crippen LogP contribution in [0.3, 0.4) is 0 Å². The van der Waals surface area contributed by atoms with Crippen molar-refractivity contribution in [2.24, 2.45) is 4.99 Å². The number of nitrogens with zero attached hydrogens (tertiary/aromatic N) is 4. The van der Waals surface area contributed by atoms with Crippen LogP contribution in [-0.2, 0) is 17.9 Å². The van der Waals surface area contributed by atoms with Gasteiger partial charge in [0.1, 0.15) is 6.54 Å². The van der Waals surface area contributed by atoms with Crippen LogP contribution in [0.5, 0.6) is 0 Å². The van der Waals surface area contributed by atoms with Gasteiger partial charge in [0, 0.05) is 48.2 Å². The summed E-state index contributed by atoms with van der Waals surface area (Å²) in [5.41, 5.74) is 1.83. The third-order valence-electron chi connectivity index (χ3n) is 4.55. The van der Waals surface area contributed by atoms with Crippen molar-refractivity contribution < 1.29 is 4.79 Å². The molecule has 1 fully saturated rings. The highest BCUT2D eigenvalue weighted by molar-refractivity contribution is 8.00. The smallest absolute Gasteiger partial charge is 0.246 e. The van der Waals surface area contributed by atoms with E-state index in [1.807, 2.05) is 36.0 Å². The zero-order valence-corrected chi connectivity index (χ0v) is 18.2. The maximum atomic E-state index is 12.2. The number of aromatic nitrogens is 2. The van der Waals surface area contributed by atoms with Gasteiger partial charge in [0.2, 0.25) is 5.91 Å². The number of thioether (sulfide) groups is 1. The van der Waals surface area contributed by atoms with Gasteiger partial charge in [0.15, 0.2) is 5.96 Å². The van der Waals surface area contributed by atoms with Crippen molar-refractivity contribution in [2.75, 3.05) is 30.7 Å². The number of nitrogens with one attached hydrogen (secondary N) is 2. The SMILES string of the molecule is CCNC(=NCc1cccc(NC(=O)Cn2cccn2)c1)N1CCSC(C)(C)C1. The molecule has 156 valence electrons. The highest BCUT2D eigenvalue weighted by Crippen LogP contribution is 2.29. The molecule has 7 nitrogen and oxygen atoms in total. The molecule has 29 heavy (non-hydrogen) atoms. The molecular weight excluding hydrogens is 384 g/mol. The van der Waals surface area contributed by atoms with Crippen LogP contribution < -0.4 is 10.6 Å². The van der Waals surface area contributed by atoms with Gasteiger partial charge in [-0.15, -0.1) is 0 Å².